The lowest BCUT2D eigenvalue weighted by molar-refractivity contribution is -0.952. The molecular weight excluding hydrogens is 310 g/mol. The van der Waals surface area contributed by atoms with Crippen LogP contribution in [0.5, 0.6) is 5.75 Å². The van der Waals surface area contributed by atoms with E-state index in [1.165, 1.54) is 49.9 Å². The maximum atomic E-state index is 12.1. The predicted molar refractivity (Wildman–Crippen MR) is 98.6 cm³/mol. The van der Waals surface area contributed by atoms with Gasteiger partial charge in [-0.2, -0.15) is 0 Å². The Bertz CT molecular complexity index is 699. The molecule has 0 aromatic heterocycles. The Balaban J connectivity index is 1.63. The minimum Gasteiger partial charge on any atom is -0.508 e. The fourth-order valence-electron chi connectivity index (χ4n) is 6.99. The lowest BCUT2D eigenvalue weighted by atomic mass is 9.49. The van der Waals surface area contributed by atoms with Gasteiger partial charge in [-0.3, -0.25) is 0 Å². The van der Waals surface area contributed by atoms with Gasteiger partial charge < -0.3 is 14.7 Å². The fourth-order valence-corrected chi connectivity index (χ4v) is 6.99. The number of hydrogen-bond acceptors (Lipinski definition) is 2. The highest BCUT2D eigenvalue weighted by Gasteiger charge is 2.68. The largest absolute Gasteiger partial charge is 0.508 e. The first kappa shape index (κ1) is 16.1. The minimum atomic E-state index is -0.594. The van der Waals surface area contributed by atoms with Crippen LogP contribution in [0.3, 0.4) is 0 Å². The SMILES string of the molecule is C[N@@+]1(CC2CCC2)CC[C@]23CCCC[C@]2(O)[C@H]1Cc1ccc(O)cc13. The molecule has 2 bridgehead atoms. The molecule has 3 fully saturated rings. The highest BCUT2D eigenvalue weighted by atomic mass is 16.3. The first-order chi connectivity index (χ1) is 12.0. The van der Waals surface area contributed by atoms with Gasteiger partial charge in [-0.25, -0.2) is 0 Å². The van der Waals surface area contributed by atoms with Crippen LogP contribution in [0.25, 0.3) is 0 Å². The highest BCUT2D eigenvalue weighted by molar-refractivity contribution is 5.47. The summed E-state index contributed by atoms with van der Waals surface area (Å²) in [5.41, 5.74) is 1.93. The number of piperidine rings is 1. The molecule has 4 aliphatic rings. The molecule has 5 rings (SSSR count). The summed E-state index contributed by atoms with van der Waals surface area (Å²) in [4.78, 5) is 0. The van der Waals surface area contributed by atoms with Gasteiger partial charge in [-0.1, -0.05) is 25.3 Å². The number of rotatable bonds is 2. The second-order valence-corrected chi connectivity index (χ2v) is 9.71. The summed E-state index contributed by atoms with van der Waals surface area (Å²) < 4.78 is 1.06. The Morgan fingerprint density at radius 2 is 1.92 bits per heavy atom. The van der Waals surface area contributed by atoms with E-state index >= 15 is 0 Å². The topological polar surface area (TPSA) is 40.5 Å². The maximum absolute atomic E-state index is 12.1. The Morgan fingerprint density at radius 3 is 2.68 bits per heavy atom. The zero-order valence-corrected chi connectivity index (χ0v) is 15.5. The Labute approximate surface area is 151 Å². The van der Waals surface area contributed by atoms with Crippen LogP contribution in [0.4, 0.5) is 0 Å². The summed E-state index contributed by atoms with van der Waals surface area (Å²) in [5.74, 6) is 1.22. The van der Waals surface area contributed by atoms with E-state index in [2.05, 4.69) is 13.1 Å². The first-order valence-corrected chi connectivity index (χ1v) is 10.4. The number of phenolic OH excluding ortho intramolecular Hbond substituents is 1. The lowest BCUT2D eigenvalue weighted by Crippen LogP contribution is -2.78. The third kappa shape index (κ3) is 2.06. The molecule has 1 aromatic carbocycles. The number of quaternary nitrogens is 1. The van der Waals surface area contributed by atoms with Gasteiger partial charge in [0.15, 0.2) is 0 Å². The molecule has 0 spiro atoms. The van der Waals surface area contributed by atoms with Crippen molar-refractivity contribution in [3.05, 3.63) is 29.3 Å². The summed E-state index contributed by atoms with van der Waals surface area (Å²) in [7, 11) is 2.42. The van der Waals surface area contributed by atoms with Crippen LogP contribution in [0.1, 0.15) is 62.5 Å². The molecule has 2 saturated carbocycles. The van der Waals surface area contributed by atoms with Crippen molar-refractivity contribution in [1.29, 1.82) is 0 Å². The number of aliphatic hydroxyl groups is 1. The van der Waals surface area contributed by atoms with E-state index in [1.54, 1.807) is 0 Å². The molecule has 1 aliphatic heterocycles. The van der Waals surface area contributed by atoms with Gasteiger partial charge >= 0.3 is 0 Å². The number of fused-ring (bicyclic) bond motifs is 1. The van der Waals surface area contributed by atoms with Crippen LogP contribution in [-0.4, -0.2) is 46.5 Å². The third-order valence-corrected chi connectivity index (χ3v) is 8.52. The number of aromatic hydroxyl groups is 1. The Hall–Kier alpha value is -1.06. The van der Waals surface area contributed by atoms with Gasteiger partial charge in [0.1, 0.15) is 17.4 Å². The van der Waals surface area contributed by atoms with E-state index in [0.717, 1.165) is 42.5 Å². The predicted octanol–water partition coefficient (Wildman–Crippen LogP) is 3.51. The Kier molecular flexibility index (Phi) is 3.38. The van der Waals surface area contributed by atoms with Crippen LogP contribution in [0.2, 0.25) is 0 Å². The van der Waals surface area contributed by atoms with E-state index < -0.39 is 5.60 Å². The number of nitrogens with zero attached hydrogens (tertiary/aromatic N) is 1. The standard InChI is InChI=1S/C22H31NO2/c1-23(15-16-5-4-6-16)12-11-21-9-2-3-10-22(21,25)20(23)13-17-7-8-18(24)14-19(17)21/h7-8,14,16,20,25H,2-6,9-13,15H2,1H3/p+1/t20-,21+,22+,23+/m1/s1. The van der Waals surface area contributed by atoms with Crippen LogP contribution < -0.4 is 0 Å². The van der Waals surface area contributed by atoms with Gasteiger partial charge in [0.2, 0.25) is 0 Å². The molecule has 25 heavy (non-hydrogen) atoms. The van der Waals surface area contributed by atoms with Crippen LogP contribution in [-0.2, 0) is 11.8 Å². The molecule has 0 amide bonds. The zero-order chi connectivity index (χ0) is 17.3. The van der Waals surface area contributed by atoms with Crippen molar-refractivity contribution < 1.29 is 14.7 Å². The molecule has 1 heterocycles. The normalized spacial score (nSPS) is 43.0. The van der Waals surface area contributed by atoms with E-state index in [1.807, 2.05) is 12.1 Å². The molecule has 3 nitrogen and oxygen atoms in total. The van der Waals surface area contributed by atoms with Crippen LogP contribution in [0, 0.1) is 5.92 Å². The Morgan fingerprint density at radius 1 is 1.12 bits per heavy atom. The van der Waals surface area contributed by atoms with Crippen molar-refractivity contribution in [1.82, 2.24) is 0 Å². The number of likely N-dealkylation sites (tertiary alicyclic amines) is 1. The first-order valence-electron chi connectivity index (χ1n) is 10.4. The molecule has 136 valence electrons. The van der Waals surface area contributed by atoms with Crippen molar-refractivity contribution in [2.45, 2.75) is 74.8 Å². The van der Waals surface area contributed by atoms with Crippen molar-refractivity contribution in [2.75, 3.05) is 20.1 Å². The van der Waals surface area contributed by atoms with E-state index in [-0.39, 0.29) is 5.41 Å². The number of hydrogen-bond donors (Lipinski definition) is 2. The fraction of sp³-hybridized carbons (Fsp3) is 0.727. The second-order valence-electron chi connectivity index (χ2n) is 9.71. The molecule has 0 radical (unpaired) electrons. The highest BCUT2D eigenvalue weighted by Crippen LogP contribution is 2.60. The van der Waals surface area contributed by atoms with Crippen molar-refractivity contribution in [3.8, 4) is 5.75 Å². The van der Waals surface area contributed by atoms with Crippen molar-refractivity contribution in [3.63, 3.8) is 0 Å². The molecule has 3 heteroatoms. The molecule has 3 aliphatic carbocycles. The average molecular weight is 343 g/mol. The molecule has 4 atom stereocenters. The van der Waals surface area contributed by atoms with E-state index in [4.69, 9.17) is 0 Å². The molecule has 1 saturated heterocycles. The van der Waals surface area contributed by atoms with E-state index in [0.29, 0.717) is 11.8 Å². The molecule has 1 aromatic rings. The van der Waals surface area contributed by atoms with Gasteiger partial charge in [0, 0.05) is 24.2 Å². The molecule has 0 unspecified atom stereocenters. The monoisotopic (exact) mass is 342 g/mol. The van der Waals surface area contributed by atoms with Gasteiger partial charge in [-0.15, -0.1) is 0 Å². The summed E-state index contributed by atoms with van der Waals surface area (Å²) in [6, 6.07) is 6.27. The zero-order valence-electron chi connectivity index (χ0n) is 15.5. The quantitative estimate of drug-likeness (QED) is 0.808. The summed E-state index contributed by atoms with van der Waals surface area (Å²) in [6.45, 7) is 2.43. The summed E-state index contributed by atoms with van der Waals surface area (Å²) >= 11 is 0. The number of likely N-dealkylation sites (N-methyl/N-ethyl adjacent to an activating group) is 1. The smallest absolute Gasteiger partial charge is 0.126 e. The van der Waals surface area contributed by atoms with Crippen LogP contribution >= 0.6 is 0 Å². The van der Waals surface area contributed by atoms with Crippen molar-refractivity contribution in [2.24, 2.45) is 5.92 Å². The number of phenols is 1. The van der Waals surface area contributed by atoms with Gasteiger partial charge in [-0.05, 0) is 48.9 Å². The van der Waals surface area contributed by atoms with Gasteiger partial charge in [0.05, 0.1) is 20.1 Å². The van der Waals surface area contributed by atoms with Crippen LogP contribution in [0.15, 0.2) is 18.2 Å². The lowest BCUT2D eigenvalue weighted by Gasteiger charge is -2.66. The second kappa shape index (κ2) is 5.23. The van der Waals surface area contributed by atoms with Gasteiger partial charge in [0.25, 0.3) is 0 Å². The third-order valence-electron chi connectivity index (χ3n) is 8.52. The summed E-state index contributed by atoms with van der Waals surface area (Å²) in [5, 5.41) is 22.3. The average Bonchev–Trinajstić information content (AvgIpc) is 2.55. The minimum absolute atomic E-state index is 0.125. The number of benzene rings is 1. The van der Waals surface area contributed by atoms with Crippen molar-refractivity contribution >= 4 is 0 Å². The molecule has 2 N–H and O–H groups in total. The summed E-state index contributed by atoms with van der Waals surface area (Å²) in [6.07, 6.45) is 10.6. The molecular formula is C22H32NO2+. The maximum Gasteiger partial charge on any atom is 0.126 e. The van der Waals surface area contributed by atoms with E-state index in [9.17, 15) is 10.2 Å².